The molecule has 0 spiro atoms. The number of nitrogens with zero attached hydrogens (tertiary/aromatic N) is 2. The zero-order valence-corrected chi connectivity index (χ0v) is 12.4. The zero-order valence-electron chi connectivity index (χ0n) is 11.6. The second kappa shape index (κ2) is 6.01. The molecule has 0 radical (unpaired) electrons. The van der Waals surface area contributed by atoms with Crippen molar-refractivity contribution in [2.45, 2.75) is 12.8 Å². The van der Waals surface area contributed by atoms with E-state index in [2.05, 4.69) is 8.75 Å². The molecule has 3 rings (SSSR count). The van der Waals surface area contributed by atoms with Crippen molar-refractivity contribution in [2.75, 3.05) is 7.11 Å². The average molecular weight is 298 g/mol. The maximum atomic E-state index is 12.2. The fraction of sp³-hybridized carbons (Fsp3) is 0.188. The summed E-state index contributed by atoms with van der Waals surface area (Å²) in [4.78, 5) is 12.2. The summed E-state index contributed by atoms with van der Waals surface area (Å²) in [5, 5.41) is 0. The highest BCUT2D eigenvalue weighted by atomic mass is 32.1. The third kappa shape index (κ3) is 3.25. The van der Waals surface area contributed by atoms with E-state index in [4.69, 9.17) is 4.74 Å². The lowest BCUT2D eigenvalue weighted by Gasteiger charge is -2.04. The lowest BCUT2D eigenvalue weighted by Crippen LogP contribution is -2.06. The molecular weight excluding hydrogens is 284 g/mol. The van der Waals surface area contributed by atoms with E-state index < -0.39 is 0 Å². The summed E-state index contributed by atoms with van der Waals surface area (Å²) < 4.78 is 13.5. The van der Waals surface area contributed by atoms with E-state index in [1.807, 2.05) is 42.5 Å². The first kappa shape index (κ1) is 13.7. The maximum Gasteiger partial charge on any atom is 0.141 e. The minimum atomic E-state index is 0.172. The molecule has 0 unspecified atom stereocenters. The Labute approximate surface area is 126 Å². The number of ketones is 1. The van der Waals surface area contributed by atoms with Gasteiger partial charge in [-0.2, -0.15) is 8.75 Å². The van der Waals surface area contributed by atoms with Gasteiger partial charge in [-0.3, -0.25) is 4.79 Å². The first-order valence-corrected chi connectivity index (χ1v) is 7.33. The van der Waals surface area contributed by atoms with E-state index in [1.54, 1.807) is 7.11 Å². The van der Waals surface area contributed by atoms with Gasteiger partial charge in [0.1, 0.15) is 22.6 Å². The highest BCUT2D eigenvalue weighted by molar-refractivity contribution is 7.00. The molecule has 0 aliphatic carbocycles. The van der Waals surface area contributed by atoms with Crippen LogP contribution in [0.4, 0.5) is 0 Å². The molecule has 0 amide bonds. The molecule has 2 aromatic carbocycles. The number of Topliss-reactive ketones (excluding diaryl/α,β-unsaturated/α-hetero) is 1. The first-order chi connectivity index (χ1) is 10.2. The van der Waals surface area contributed by atoms with Gasteiger partial charge in [0.15, 0.2) is 0 Å². The van der Waals surface area contributed by atoms with Crippen LogP contribution in [0.2, 0.25) is 0 Å². The lowest BCUT2D eigenvalue weighted by atomic mass is 10.0. The minimum absolute atomic E-state index is 0.172. The zero-order chi connectivity index (χ0) is 14.7. The highest BCUT2D eigenvalue weighted by Gasteiger charge is 2.08. The van der Waals surface area contributed by atoms with Crippen molar-refractivity contribution in [2.24, 2.45) is 0 Å². The quantitative estimate of drug-likeness (QED) is 0.726. The summed E-state index contributed by atoms with van der Waals surface area (Å²) in [6.45, 7) is 0. The van der Waals surface area contributed by atoms with Crippen LogP contribution < -0.4 is 4.74 Å². The number of hydrogen-bond donors (Lipinski definition) is 0. The molecule has 5 heteroatoms. The Morgan fingerprint density at radius 1 is 1.05 bits per heavy atom. The number of carbonyl (C=O) groups excluding carboxylic acids is 1. The van der Waals surface area contributed by atoms with Gasteiger partial charge >= 0.3 is 0 Å². The normalized spacial score (nSPS) is 10.7. The fourth-order valence-corrected chi connectivity index (χ4v) is 2.76. The van der Waals surface area contributed by atoms with Crippen LogP contribution in [0.1, 0.15) is 11.1 Å². The number of carbonyl (C=O) groups is 1. The number of ether oxygens (including phenoxy) is 1. The first-order valence-electron chi connectivity index (χ1n) is 6.60. The van der Waals surface area contributed by atoms with E-state index in [9.17, 15) is 4.79 Å². The Hall–Kier alpha value is -2.27. The number of methoxy groups -OCH3 is 1. The molecule has 0 aliphatic heterocycles. The van der Waals surface area contributed by atoms with E-state index in [0.717, 1.165) is 27.9 Å². The Balaban J connectivity index is 1.70. The van der Waals surface area contributed by atoms with Gasteiger partial charge in [0, 0.05) is 12.8 Å². The van der Waals surface area contributed by atoms with Crippen molar-refractivity contribution in [1.29, 1.82) is 0 Å². The Morgan fingerprint density at radius 2 is 1.81 bits per heavy atom. The van der Waals surface area contributed by atoms with E-state index >= 15 is 0 Å². The van der Waals surface area contributed by atoms with Crippen molar-refractivity contribution < 1.29 is 9.53 Å². The molecule has 1 aromatic heterocycles. The van der Waals surface area contributed by atoms with Crippen LogP contribution in [0.3, 0.4) is 0 Å². The molecule has 0 N–H and O–H groups in total. The SMILES string of the molecule is COc1cccc(CC(=O)Cc2ccc3nsnc3c2)c1. The summed E-state index contributed by atoms with van der Waals surface area (Å²) in [7, 11) is 1.62. The largest absolute Gasteiger partial charge is 0.497 e. The Bertz CT molecular complexity index is 783. The average Bonchev–Trinajstić information content (AvgIpc) is 2.95. The molecule has 21 heavy (non-hydrogen) atoms. The summed E-state index contributed by atoms with van der Waals surface area (Å²) in [6, 6.07) is 13.4. The smallest absolute Gasteiger partial charge is 0.141 e. The highest BCUT2D eigenvalue weighted by Crippen LogP contribution is 2.16. The van der Waals surface area contributed by atoms with Gasteiger partial charge < -0.3 is 4.74 Å². The Morgan fingerprint density at radius 3 is 2.62 bits per heavy atom. The van der Waals surface area contributed by atoms with Crippen molar-refractivity contribution in [3.05, 3.63) is 53.6 Å². The molecule has 0 saturated heterocycles. The topological polar surface area (TPSA) is 52.1 Å². The molecular formula is C16H14N2O2S. The second-order valence-corrected chi connectivity index (χ2v) is 5.36. The van der Waals surface area contributed by atoms with Crippen LogP contribution in [0.15, 0.2) is 42.5 Å². The van der Waals surface area contributed by atoms with Crippen LogP contribution in [-0.2, 0) is 17.6 Å². The Kier molecular flexibility index (Phi) is 3.92. The summed E-state index contributed by atoms with van der Waals surface area (Å²) in [5.41, 5.74) is 3.68. The molecule has 3 aromatic rings. The molecule has 4 nitrogen and oxygen atoms in total. The molecule has 0 bridgehead atoms. The number of rotatable bonds is 5. The molecule has 0 saturated carbocycles. The minimum Gasteiger partial charge on any atom is -0.497 e. The predicted molar refractivity (Wildman–Crippen MR) is 82.8 cm³/mol. The van der Waals surface area contributed by atoms with Crippen LogP contribution in [0, 0.1) is 0 Å². The van der Waals surface area contributed by atoms with Crippen molar-refractivity contribution in [3.63, 3.8) is 0 Å². The molecule has 0 aliphatic rings. The van der Waals surface area contributed by atoms with Gasteiger partial charge in [-0.15, -0.1) is 0 Å². The van der Waals surface area contributed by atoms with Gasteiger partial charge in [0.25, 0.3) is 0 Å². The molecule has 0 atom stereocenters. The number of hydrogen-bond acceptors (Lipinski definition) is 5. The van der Waals surface area contributed by atoms with Crippen molar-refractivity contribution in [3.8, 4) is 5.75 Å². The second-order valence-electron chi connectivity index (χ2n) is 4.83. The van der Waals surface area contributed by atoms with Crippen molar-refractivity contribution >= 4 is 28.5 Å². The van der Waals surface area contributed by atoms with Crippen LogP contribution >= 0.6 is 11.7 Å². The third-order valence-corrected chi connectivity index (χ3v) is 3.81. The monoisotopic (exact) mass is 298 g/mol. The van der Waals surface area contributed by atoms with Crippen LogP contribution in [0.5, 0.6) is 5.75 Å². The number of aromatic nitrogens is 2. The summed E-state index contributed by atoms with van der Waals surface area (Å²) in [5.74, 6) is 0.945. The number of benzene rings is 2. The van der Waals surface area contributed by atoms with Crippen LogP contribution in [-0.4, -0.2) is 21.6 Å². The van der Waals surface area contributed by atoms with Gasteiger partial charge in [-0.05, 0) is 35.4 Å². The van der Waals surface area contributed by atoms with Gasteiger partial charge in [0.05, 0.1) is 18.8 Å². The lowest BCUT2D eigenvalue weighted by molar-refractivity contribution is -0.117. The molecule has 1 heterocycles. The van der Waals surface area contributed by atoms with Gasteiger partial charge in [-0.25, -0.2) is 0 Å². The number of fused-ring (bicyclic) bond motifs is 1. The molecule has 106 valence electrons. The third-order valence-electron chi connectivity index (χ3n) is 3.25. The van der Waals surface area contributed by atoms with Crippen LogP contribution in [0.25, 0.3) is 11.0 Å². The summed E-state index contributed by atoms with van der Waals surface area (Å²) >= 11 is 1.19. The predicted octanol–water partition coefficient (Wildman–Crippen LogP) is 3.05. The summed E-state index contributed by atoms with van der Waals surface area (Å²) in [6.07, 6.45) is 0.815. The van der Waals surface area contributed by atoms with E-state index in [-0.39, 0.29) is 5.78 Å². The fourth-order valence-electron chi connectivity index (χ4n) is 2.24. The van der Waals surface area contributed by atoms with Gasteiger partial charge in [-0.1, -0.05) is 18.2 Å². The molecule has 0 fully saturated rings. The van der Waals surface area contributed by atoms with E-state index in [1.165, 1.54) is 11.7 Å². The maximum absolute atomic E-state index is 12.2. The van der Waals surface area contributed by atoms with E-state index in [0.29, 0.717) is 12.8 Å². The van der Waals surface area contributed by atoms with Gasteiger partial charge in [0.2, 0.25) is 0 Å². The standard InChI is InChI=1S/C16H14N2O2S/c1-20-14-4-2-3-11(9-14)7-13(19)8-12-5-6-15-16(10-12)18-21-17-15/h2-6,9-10H,7-8H2,1H3. The van der Waals surface area contributed by atoms with Crippen molar-refractivity contribution in [1.82, 2.24) is 8.75 Å².